The van der Waals surface area contributed by atoms with Crippen LogP contribution in [0.4, 0.5) is 14.5 Å². The van der Waals surface area contributed by atoms with Crippen LogP contribution in [-0.4, -0.2) is 30.7 Å². The molecule has 7 heteroatoms. The second kappa shape index (κ2) is 8.58. The van der Waals surface area contributed by atoms with Crippen molar-refractivity contribution >= 4 is 20.0 Å². The maximum absolute atomic E-state index is 14.7. The van der Waals surface area contributed by atoms with E-state index in [-0.39, 0.29) is 16.8 Å². The lowest BCUT2D eigenvalue weighted by Gasteiger charge is -2.20. The lowest BCUT2D eigenvalue weighted by Crippen LogP contribution is -2.23. The highest BCUT2D eigenvalue weighted by Crippen LogP contribution is 2.59. The number of halogens is 2. The third-order valence-corrected chi connectivity index (χ3v) is 8.78. The Hall–Kier alpha value is -2.12. The highest BCUT2D eigenvalue weighted by Gasteiger charge is 2.53. The maximum Gasteiger partial charge on any atom is 0.296 e. The van der Waals surface area contributed by atoms with Crippen LogP contribution in [0.15, 0.2) is 41.4 Å². The summed E-state index contributed by atoms with van der Waals surface area (Å²) in [4.78, 5) is 4.47. The number of nitrogens with zero attached hydrogens (tertiary/aromatic N) is 3. The summed E-state index contributed by atoms with van der Waals surface area (Å²) < 4.78 is 37.3. The van der Waals surface area contributed by atoms with Gasteiger partial charge in [0.05, 0.1) is 17.5 Å². The molecule has 0 N–H and O–H groups in total. The van der Waals surface area contributed by atoms with Gasteiger partial charge in [-0.05, 0) is 55.2 Å². The summed E-state index contributed by atoms with van der Waals surface area (Å²) >= 11 is 0. The van der Waals surface area contributed by atoms with Gasteiger partial charge in [-0.3, -0.25) is 4.99 Å². The number of rotatable bonds is 9. The standard InChI is InChI=1S/C26H35F2N3OSi/c1-18(2)26(27,28)21-9-7-8-10-22(21)29-16-23-20-13-19-14-25(19,3)15-24(20)31(30-23)17-32-11-12-33(4,5)6/h7-10,16,19H,1,11-15,17H2,2-6H3/t19-,25-/m1/s1. The molecule has 0 unspecified atom stereocenters. The Balaban J connectivity index is 1.60. The van der Waals surface area contributed by atoms with Gasteiger partial charge in [-0.25, -0.2) is 4.68 Å². The molecule has 1 aromatic heterocycles. The monoisotopic (exact) mass is 471 g/mol. The molecule has 0 amide bonds. The summed E-state index contributed by atoms with van der Waals surface area (Å²) in [6.07, 6.45) is 4.82. The Bertz CT molecular complexity index is 1090. The second-order valence-electron chi connectivity index (χ2n) is 11.2. The predicted octanol–water partition coefficient (Wildman–Crippen LogP) is 6.74. The molecule has 2 atom stereocenters. The van der Waals surface area contributed by atoms with Gasteiger partial charge in [0.15, 0.2) is 0 Å². The van der Waals surface area contributed by atoms with Crippen LogP contribution in [0.5, 0.6) is 0 Å². The van der Waals surface area contributed by atoms with Gasteiger partial charge in [-0.1, -0.05) is 51.3 Å². The molecule has 178 valence electrons. The van der Waals surface area contributed by atoms with E-state index in [4.69, 9.17) is 9.84 Å². The third-order valence-electron chi connectivity index (χ3n) is 7.07. The molecule has 0 aliphatic heterocycles. The summed E-state index contributed by atoms with van der Waals surface area (Å²) in [6.45, 7) is 15.3. The van der Waals surface area contributed by atoms with E-state index in [2.05, 4.69) is 38.1 Å². The van der Waals surface area contributed by atoms with Crippen molar-refractivity contribution in [2.75, 3.05) is 6.61 Å². The van der Waals surface area contributed by atoms with Crippen molar-refractivity contribution in [3.05, 3.63) is 58.9 Å². The van der Waals surface area contributed by atoms with Crippen molar-refractivity contribution in [3.8, 4) is 0 Å². The highest BCUT2D eigenvalue weighted by molar-refractivity contribution is 6.76. The van der Waals surface area contributed by atoms with E-state index in [9.17, 15) is 8.78 Å². The number of allylic oxidation sites excluding steroid dienone is 1. The molecular weight excluding hydrogens is 436 g/mol. The molecule has 2 aliphatic carbocycles. The van der Waals surface area contributed by atoms with Gasteiger partial charge in [-0.2, -0.15) is 13.9 Å². The summed E-state index contributed by atoms with van der Waals surface area (Å²) in [5, 5.41) is 4.80. The largest absolute Gasteiger partial charge is 0.360 e. The Morgan fingerprint density at radius 1 is 1.36 bits per heavy atom. The van der Waals surface area contributed by atoms with Crippen LogP contribution in [-0.2, 0) is 30.2 Å². The number of aromatic nitrogens is 2. The first kappa shape index (κ1) is 24.0. The number of fused-ring (bicyclic) bond motifs is 2. The van der Waals surface area contributed by atoms with Gasteiger partial charge in [0.25, 0.3) is 5.92 Å². The maximum atomic E-state index is 14.7. The lowest BCUT2D eigenvalue weighted by atomic mass is 9.87. The van der Waals surface area contributed by atoms with Crippen molar-refractivity contribution < 1.29 is 13.5 Å². The molecule has 0 bridgehead atoms. The van der Waals surface area contributed by atoms with Crippen molar-refractivity contribution in [2.24, 2.45) is 16.3 Å². The SMILES string of the molecule is C=C(C)C(F)(F)c1ccccc1N=Cc1nn(COCC[Si](C)(C)C)c2c1C[C@@H]1C[C@]1(C)C2. The van der Waals surface area contributed by atoms with E-state index in [1.165, 1.54) is 30.7 Å². The molecule has 4 rings (SSSR count). The number of para-hydroxylation sites is 1. The normalized spacial score (nSPS) is 22.3. The van der Waals surface area contributed by atoms with E-state index in [1.54, 1.807) is 24.4 Å². The topological polar surface area (TPSA) is 39.4 Å². The first-order chi connectivity index (χ1) is 15.4. The number of hydrogen-bond donors (Lipinski definition) is 0. The minimum Gasteiger partial charge on any atom is -0.360 e. The number of aliphatic imine (C=N–C) groups is 1. The van der Waals surface area contributed by atoms with Crippen LogP contribution < -0.4 is 0 Å². The number of alkyl halides is 2. The minimum atomic E-state index is -3.13. The smallest absolute Gasteiger partial charge is 0.296 e. The van der Waals surface area contributed by atoms with Crippen LogP contribution >= 0.6 is 0 Å². The van der Waals surface area contributed by atoms with Crippen LogP contribution in [0.3, 0.4) is 0 Å². The Morgan fingerprint density at radius 2 is 2.09 bits per heavy atom. The molecule has 2 aromatic rings. The zero-order valence-corrected chi connectivity index (χ0v) is 21.4. The van der Waals surface area contributed by atoms with Crippen LogP contribution in [0.1, 0.15) is 42.8 Å². The highest BCUT2D eigenvalue weighted by atomic mass is 28.3. The lowest BCUT2D eigenvalue weighted by molar-refractivity contribution is 0.0392. The molecule has 1 saturated carbocycles. The van der Waals surface area contributed by atoms with Gasteiger partial charge in [0.2, 0.25) is 0 Å². The van der Waals surface area contributed by atoms with Gasteiger partial charge in [-0.15, -0.1) is 0 Å². The van der Waals surface area contributed by atoms with E-state index in [0.29, 0.717) is 18.1 Å². The Labute approximate surface area is 196 Å². The summed E-state index contributed by atoms with van der Waals surface area (Å²) in [6, 6.07) is 7.47. The fourth-order valence-electron chi connectivity index (χ4n) is 4.59. The van der Waals surface area contributed by atoms with Crippen molar-refractivity contribution in [1.82, 2.24) is 9.78 Å². The minimum absolute atomic E-state index is 0.133. The van der Waals surface area contributed by atoms with E-state index in [0.717, 1.165) is 31.2 Å². The predicted molar refractivity (Wildman–Crippen MR) is 132 cm³/mol. The van der Waals surface area contributed by atoms with Crippen LogP contribution in [0, 0.1) is 11.3 Å². The molecule has 4 nitrogen and oxygen atoms in total. The average molecular weight is 472 g/mol. The summed E-state index contributed by atoms with van der Waals surface area (Å²) in [7, 11) is -1.16. The molecule has 2 aliphatic rings. The molecule has 0 saturated heterocycles. The van der Waals surface area contributed by atoms with Crippen LogP contribution in [0.25, 0.3) is 0 Å². The molecule has 0 spiro atoms. The molecular formula is C26H35F2N3OSi. The molecule has 0 radical (unpaired) electrons. The number of ether oxygens (including phenoxy) is 1. The Kier molecular flexibility index (Phi) is 6.25. The van der Waals surface area contributed by atoms with Crippen molar-refractivity contribution in [3.63, 3.8) is 0 Å². The Morgan fingerprint density at radius 3 is 2.79 bits per heavy atom. The van der Waals surface area contributed by atoms with Gasteiger partial charge in [0, 0.05) is 25.9 Å². The molecule has 1 fully saturated rings. The van der Waals surface area contributed by atoms with Crippen molar-refractivity contribution in [2.45, 2.75) is 71.4 Å². The van der Waals surface area contributed by atoms with E-state index in [1.807, 2.05) is 4.68 Å². The molecule has 33 heavy (non-hydrogen) atoms. The average Bonchev–Trinajstić information content (AvgIpc) is 3.30. The zero-order valence-electron chi connectivity index (χ0n) is 20.4. The second-order valence-corrected chi connectivity index (χ2v) is 16.8. The zero-order chi connectivity index (χ0) is 24.0. The van der Waals surface area contributed by atoms with E-state index < -0.39 is 14.0 Å². The summed E-state index contributed by atoms with van der Waals surface area (Å²) in [5.41, 5.74) is 3.43. The fourth-order valence-corrected chi connectivity index (χ4v) is 5.35. The first-order valence-electron chi connectivity index (χ1n) is 11.7. The van der Waals surface area contributed by atoms with Gasteiger partial charge in [0.1, 0.15) is 12.4 Å². The van der Waals surface area contributed by atoms with Gasteiger partial charge < -0.3 is 4.74 Å². The fraction of sp³-hybridized carbons (Fsp3) is 0.538. The quantitative estimate of drug-likeness (QED) is 0.176. The first-order valence-corrected chi connectivity index (χ1v) is 15.5. The van der Waals surface area contributed by atoms with Crippen LogP contribution in [0.2, 0.25) is 25.7 Å². The van der Waals surface area contributed by atoms with Gasteiger partial charge >= 0.3 is 0 Å². The number of hydrogen-bond acceptors (Lipinski definition) is 3. The molecule has 1 heterocycles. The van der Waals surface area contributed by atoms with Crippen molar-refractivity contribution in [1.29, 1.82) is 0 Å². The molecule has 1 aromatic carbocycles. The number of benzene rings is 1. The van der Waals surface area contributed by atoms with E-state index >= 15 is 0 Å². The third kappa shape index (κ3) is 5.04. The summed E-state index contributed by atoms with van der Waals surface area (Å²) in [5.74, 6) is -2.46.